The van der Waals surface area contributed by atoms with E-state index in [-0.39, 0.29) is 0 Å². The van der Waals surface area contributed by atoms with Crippen molar-refractivity contribution >= 4 is 0 Å². The van der Waals surface area contributed by atoms with E-state index in [1.165, 1.54) is 7.11 Å². The lowest BCUT2D eigenvalue weighted by atomic mass is 10.1. The van der Waals surface area contributed by atoms with Crippen molar-refractivity contribution in [1.82, 2.24) is 0 Å². The van der Waals surface area contributed by atoms with Crippen molar-refractivity contribution in [1.29, 1.82) is 0 Å². The summed E-state index contributed by atoms with van der Waals surface area (Å²) in [4.78, 5) is 0. The minimum absolute atomic E-state index is 0.330. The standard InChI is InChI=1S/C11H16O3/c1-5-8-6-9(12-2)11(14-4)10(7-8)13-3/h6-7H,5H2,1-4H3/i1D2. The van der Waals surface area contributed by atoms with Crippen molar-refractivity contribution in [3.05, 3.63) is 17.7 Å². The Hall–Kier alpha value is -1.38. The fourth-order valence-electron chi connectivity index (χ4n) is 1.25. The zero-order valence-corrected chi connectivity index (χ0v) is 8.66. The van der Waals surface area contributed by atoms with Crippen LogP contribution in [-0.4, -0.2) is 21.3 Å². The molecule has 0 aliphatic heterocycles. The quantitative estimate of drug-likeness (QED) is 0.742. The average molecular weight is 198 g/mol. The van der Waals surface area contributed by atoms with E-state index in [2.05, 4.69) is 0 Å². The number of methoxy groups -OCH3 is 3. The Morgan fingerprint density at radius 3 is 2.00 bits per heavy atom. The molecule has 0 fully saturated rings. The predicted octanol–water partition coefficient (Wildman–Crippen LogP) is 2.27. The highest BCUT2D eigenvalue weighted by Crippen LogP contribution is 2.38. The van der Waals surface area contributed by atoms with E-state index in [0.717, 1.165) is 5.56 Å². The highest BCUT2D eigenvalue weighted by Gasteiger charge is 2.11. The van der Waals surface area contributed by atoms with E-state index in [0.29, 0.717) is 23.7 Å². The Balaban J connectivity index is 3.15. The first-order chi connectivity index (χ1) is 7.62. The van der Waals surface area contributed by atoms with Gasteiger partial charge in [-0.2, -0.15) is 0 Å². The molecule has 0 saturated carbocycles. The molecule has 1 aromatic rings. The van der Waals surface area contributed by atoms with E-state index in [1.54, 1.807) is 26.4 Å². The van der Waals surface area contributed by atoms with Gasteiger partial charge in [-0.25, -0.2) is 0 Å². The lowest BCUT2D eigenvalue weighted by Crippen LogP contribution is -1.96. The maximum Gasteiger partial charge on any atom is 0.203 e. The molecule has 0 saturated heterocycles. The third-order valence-corrected chi connectivity index (χ3v) is 1.96. The second-order valence-corrected chi connectivity index (χ2v) is 2.74. The van der Waals surface area contributed by atoms with Gasteiger partial charge >= 0.3 is 0 Å². The van der Waals surface area contributed by atoms with Crippen molar-refractivity contribution in [2.75, 3.05) is 21.3 Å². The molecule has 0 radical (unpaired) electrons. The summed E-state index contributed by atoms with van der Waals surface area (Å²) in [6.45, 7) is -0.900. The summed E-state index contributed by atoms with van der Waals surface area (Å²) in [5, 5.41) is 0. The molecule has 78 valence electrons. The zero-order chi connectivity index (χ0) is 12.1. The molecule has 0 N–H and O–H groups in total. The van der Waals surface area contributed by atoms with Crippen LogP contribution < -0.4 is 14.2 Å². The second kappa shape index (κ2) is 4.74. The van der Waals surface area contributed by atoms with Crippen LogP contribution >= 0.6 is 0 Å². The molecule has 1 rings (SSSR count). The molecule has 0 atom stereocenters. The van der Waals surface area contributed by atoms with Crippen molar-refractivity contribution in [3.63, 3.8) is 0 Å². The maximum absolute atomic E-state index is 7.22. The van der Waals surface area contributed by atoms with Gasteiger partial charge in [-0.3, -0.25) is 0 Å². The number of hydrogen-bond acceptors (Lipinski definition) is 3. The number of hydrogen-bond donors (Lipinski definition) is 0. The van der Waals surface area contributed by atoms with E-state index in [4.69, 9.17) is 17.0 Å². The minimum Gasteiger partial charge on any atom is -0.493 e. The highest BCUT2D eigenvalue weighted by atomic mass is 16.5. The predicted molar refractivity (Wildman–Crippen MR) is 55.5 cm³/mol. The van der Waals surface area contributed by atoms with Crippen LogP contribution in [0.1, 0.15) is 15.2 Å². The second-order valence-electron chi connectivity index (χ2n) is 2.74. The first-order valence-corrected chi connectivity index (χ1v) is 4.25. The van der Waals surface area contributed by atoms with Crippen molar-refractivity contribution in [3.8, 4) is 17.2 Å². The molecule has 3 nitrogen and oxygen atoms in total. The van der Waals surface area contributed by atoms with Crippen LogP contribution in [0, 0.1) is 0 Å². The summed E-state index contributed by atoms with van der Waals surface area (Å²) in [6, 6.07) is 3.52. The smallest absolute Gasteiger partial charge is 0.203 e. The van der Waals surface area contributed by atoms with Gasteiger partial charge in [-0.05, 0) is 24.1 Å². The van der Waals surface area contributed by atoms with Crippen LogP contribution in [0.4, 0.5) is 0 Å². The molecular formula is C11H16O3. The third kappa shape index (κ3) is 1.92. The topological polar surface area (TPSA) is 27.7 Å². The fraction of sp³-hybridized carbons (Fsp3) is 0.455. The van der Waals surface area contributed by atoms with Crippen LogP contribution in [0.25, 0.3) is 0 Å². The van der Waals surface area contributed by atoms with Gasteiger partial charge in [0.1, 0.15) is 0 Å². The Bertz CT molecular complexity index is 328. The molecule has 0 aliphatic carbocycles. The van der Waals surface area contributed by atoms with Crippen molar-refractivity contribution in [2.24, 2.45) is 0 Å². The molecule has 0 spiro atoms. The van der Waals surface area contributed by atoms with Gasteiger partial charge in [-0.15, -0.1) is 0 Å². The lowest BCUT2D eigenvalue weighted by molar-refractivity contribution is 0.324. The van der Waals surface area contributed by atoms with E-state index in [9.17, 15) is 0 Å². The number of ether oxygens (including phenoxy) is 3. The van der Waals surface area contributed by atoms with Gasteiger partial charge in [0.05, 0.1) is 21.3 Å². The molecule has 1 aromatic carbocycles. The Morgan fingerprint density at radius 1 is 1.07 bits per heavy atom. The van der Waals surface area contributed by atoms with Crippen LogP contribution in [0.15, 0.2) is 12.1 Å². The SMILES string of the molecule is [2H]C([2H])Cc1cc(OC)c(OC)c(OC)c1. The molecule has 0 aliphatic rings. The van der Waals surface area contributed by atoms with Crippen LogP contribution in [-0.2, 0) is 6.42 Å². The summed E-state index contributed by atoms with van der Waals surface area (Å²) >= 11 is 0. The molecular weight excluding hydrogens is 180 g/mol. The van der Waals surface area contributed by atoms with Gasteiger partial charge in [0.25, 0.3) is 0 Å². The van der Waals surface area contributed by atoms with Crippen molar-refractivity contribution in [2.45, 2.75) is 13.3 Å². The number of aryl methyl sites for hydroxylation is 1. The van der Waals surface area contributed by atoms with Crippen LogP contribution in [0.2, 0.25) is 0 Å². The first-order valence-electron chi connectivity index (χ1n) is 5.41. The van der Waals surface area contributed by atoms with Crippen molar-refractivity contribution < 1.29 is 17.0 Å². The molecule has 3 heteroatoms. The van der Waals surface area contributed by atoms with E-state index >= 15 is 0 Å². The Kier molecular flexibility index (Phi) is 2.70. The molecule has 14 heavy (non-hydrogen) atoms. The molecule has 0 unspecified atom stereocenters. The number of benzene rings is 1. The maximum atomic E-state index is 7.22. The first kappa shape index (κ1) is 7.97. The van der Waals surface area contributed by atoms with Gasteiger partial charge in [0.15, 0.2) is 11.5 Å². The fourth-order valence-corrected chi connectivity index (χ4v) is 1.25. The molecule has 0 amide bonds. The largest absolute Gasteiger partial charge is 0.493 e. The summed E-state index contributed by atoms with van der Waals surface area (Å²) in [5.41, 5.74) is 0.824. The van der Waals surface area contributed by atoms with Crippen LogP contribution in [0.5, 0.6) is 17.2 Å². The minimum atomic E-state index is -0.900. The Labute approximate surface area is 87.4 Å². The van der Waals surface area contributed by atoms with Crippen LogP contribution in [0.3, 0.4) is 0 Å². The summed E-state index contributed by atoms with van der Waals surface area (Å²) in [6.07, 6.45) is 0.330. The summed E-state index contributed by atoms with van der Waals surface area (Å²) in [7, 11) is 4.62. The summed E-state index contributed by atoms with van der Waals surface area (Å²) in [5.74, 6) is 1.63. The van der Waals surface area contributed by atoms with E-state index < -0.39 is 6.88 Å². The average Bonchev–Trinajstić information content (AvgIpc) is 2.26. The highest BCUT2D eigenvalue weighted by molar-refractivity contribution is 5.53. The third-order valence-electron chi connectivity index (χ3n) is 1.96. The molecule has 0 bridgehead atoms. The Morgan fingerprint density at radius 2 is 1.64 bits per heavy atom. The van der Waals surface area contributed by atoms with E-state index in [1.807, 2.05) is 0 Å². The summed E-state index contributed by atoms with van der Waals surface area (Å²) < 4.78 is 30.0. The monoisotopic (exact) mass is 198 g/mol. The number of rotatable bonds is 4. The van der Waals surface area contributed by atoms with Gasteiger partial charge in [-0.1, -0.05) is 6.88 Å². The molecule has 0 heterocycles. The lowest BCUT2D eigenvalue weighted by Gasteiger charge is -2.13. The van der Waals surface area contributed by atoms with Gasteiger partial charge in [0, 0.05) is 2.74 Å². The van der Waals surface area contributed by atoms with Gasteiger partial charge in [0.2, 0.25) is 5.75 Å². The molecule has 0 aromatic heterocycles. The zero-order valence-electron chi connectivity index (χ0n) is 10.7. The van der Waals surface area contributed by atoms with Gasteiger partial charge < -0.3 is 14.2 Å². The normalized spacial score (nSPS) is 12.0.